The molecule has 2 saturated heterocycles. The van der Waals surface area contributed by atoms with Crippen molar-refractivity contribution in [2.24, 2.45) is 0 Å². The molecule has 2 aromatic rings. The summed E-state index contributed by atoms with van der Waals surface area (Å²) in [7, 11) is 0. The average molecular weight is 392 g/mol. The molecule has 0 radical (unpaired) electrons. The first-order chi connectivity index (χ1) is 14.2. The molecule has 2 amide bonds. The topological polar surface area (TPSA) is 77.1 Å². The van der Waals surface area contributed by atoms with Crippen molar-refractivity contribution in [3.05, 3.63) is 83.6 Å². The van der Waals surface area contributed by atoms with Gasteiger partial charge < -0.3 is 14.8 Å². The molecular weight excluding hydrogens is 372 g/mol. The minimum atomic E-state index is -1.04. The lowest BCUT2D eigenvalue weighted by molar-refractivity contribution is -0.186. The Balaban J connectivity index is 1.41. The first kappa shape index (κ1) is 18.1. The smallest absolute Gasteiger partial charge is 0.277 e. The van der Waals surface area contributed by atoms with Gasteiger partial charge in [-0.2, -0.15) is 0 Å². The van der Waals surface area contributed by atoms with Crippen LogP contribution in [-0.4, -0.2) is 48.0 Å². The van der Waals surface area contributed by atoms with E-state index in [1.54, 1.807) is 42.5 Å². The van der Waals surface area contributed by atoms with E-state index in [9.17, 15) is 9.59 Å². The number of carbonyl (C=O) groups is 2. The van der Waals surface area contributed by atoms with Gasteiger partial charge in [-0.25, -0.2) is 5.06 Å². The second-order valence-electron chi connectivity index (χ2n) is 7.17. The minimum Gasteiger partial charge on any atom is -0.343 e. The Hall–Kier alpha value is -3.00. The van der Waals surface area contributed by atoms with Gasteiger partial charge in [0.1, 0.15) is 6.04 Å². The van der Waals surface area contributed by atoms with Gasteiger partial charge in [0.15, 0.2) is 6.10 Å². The summed E-state index contributed by atoms with van der Waals surface area (Å²) in [5.41, 5.74) is 1.76. The summed E-state index contributed by atoms with van der Waals surface area (Å²) in [6.45, 7) is 0.868. The molecule has 29 heavy (non-hydrogen) atoms. The molecule has 3 aliphatic rings. The Labute approximate surface area is 167 Å². The maximum atomic E-state index is 13.1. The van der Waals surface area contributed by atoms with E-state index < -0.39 is 17.9 Å². The largest absolute Gasteiger partial charge is 0.343 e. The fourth-order valence-corrected chi connectivity index (χ4v) is 4.05. The Kier molecular flexibility index (Phi) is 4.43. The van der Waals surface area contributed by atoms with E-state index in [0.29, 0.717) is 36.5 Å². The molecule has 2 aromatic carbocycles. The Morgan fingerprint density at radius 2 is 1.55 bits per heavy atom. The Bertz CT molecular complexity index is 954. The van der Waals surface area contributed by atoms with Gasteiger partial charge in [-0.05, 0) is 30.3 Å². The van der Waals surface area contributed by atoms with Crippen molar-refractivity contribution < 1.29 is 23.9 Å². The van der Waals surface area contributed by atoms with Crippen molar-refractivity contribution in [2.45, 2.75) is 24.4 Å². The number of nitrogens with zero attached hydrogens (tertiary/aromatic N) is 1. The standard InChI is InChI=1S/C22H20N2O5/c25-20(15-7-3-1-4-8-15)23-17-13-18-22(27-11-12-28-22)19(14-17)29-24(18)21(26)16-9-5-2-6-10-16/h1-10,14,18-19H,11-13H2,(H,23,25). The third-order valence-electron chi connectivity index (χ3n) is 5.41. The van der Waals surface area contributed by atoms with Crippen molar-refractivity contribution in [3.63, 3.8) is 0 Å². The van der Waals surface area contributed by atoms with Crippen LogP contribution in [0.3, 0.4) is 0 Å². The van der Waals surface area contributed by atoms with Crippen LogP contribution in [0.4, 0.5) is 0 Å². The molecule has 148 valence electrons. The van der Waals surface area contributed by atoms with E-state index in [1.807, 2.05) is 24.3 Å². The first-order valence-electron chi connectivity index (χ1n) is 9.58. The van der Waals surface area contributed by atoms with E-state index in [2.05, 4.69) is 5.32 Å². The van der Waals surface area contributed by atoms with Gasteiger partial charge >= 0.3 is 0 Å². The monoisotopic (exact) mass is 392 g/mol. The lowest BCUT2D eigenvalue weighted by Crippen LogP contribution is -2.54. The number of rotatable bonds is 3. The van der Waals surface area contributed by atoms with Gasteiger partial charge in [0, 0.05) is 23.2 Å². The Morgan fingerprint density at radius 1 is 0.931 bits per heavy atom. The molecular formula is C22H20N2O5. The second-order valence-corrected chi connectivity index (χ2v) is 7.17. The van der Waals surface area contributed by atoms with Crippen LogP contribution < -0.4 is 5.32 Å². The van der Waals surface area contributed by atoms with E-state index in [4.69, 9.17) is 14.3 Å². The molecule has 5 rings (SSSR count). The normalized spacial score (nSPS) is 24.4. The molecule has 1 aliphatic carbocycles. The lowest BCUT2D eigenvalue weighted by atomic mass is 9.90. The molecule has 0 saturated carbocycles. The molecule has 0 aromatic heterocycles. The van der Waals surface area contributed by atoms with Crippen LogP contribution in [0.25, 0.3) is 0 Å². The molecule has 2 heterocycles. The molecule has 2 aliphatic heterocycles. The average Bonchev–Trinajstić information content (AvgIpc) is 3.30. The van der Waals surface area contributed by atoms with Crippen LogP contribution in [0.1, 0.15) is 27.1 Å². The number of nitrogens with one attached hydrogen (secondary N) is 1. The lowest BCUT2D eigenvalue weighted by Gasteiger charge is -2.35. The van der Waals surface area contributed by atoms with Gasteiger partial charge in [0.2, 0.25) is 5.79 Å². The van der Waals surface area contributed by atoms with Crippen LogP contribution in [0.2, 0.25) is 0 Å². The number of hydroxylamine groups is 2. The fourth-order valence-electron chi connectivity index (χ4n) is 4.05. The third kappa shape index (κ3) is 3.04. The molecule has 2 atom stereocenters. The number of benzene rings is 2. The molecule has 2 unspecified atom stereocenters. The summed E-state index contributed by atoms with van der Waals surface area (Å²) in [5, 5.41) is 4.27. The summed E-state index contributed by atoms with van der Waals surface area (Å²) >= 11 is 0. The summed E-state index contributed by atoms with van der Waals surface area (Å²) in [6, 6.07) is 17.4. The fraction of sp³-hybridized carbons (Fsp3) is 0.273. The molecule has 7 nitrogen and oxygen atoms in total. The first-order valence-corrected chi connectivity index (χ1v) is 9.58. The maximum absolute atomic E-state index is 13.1. The van der Waals surface area contributed by atoms with Gasteiger partial charge in [0.25, 0.3) is 11.8 Å². The number of ether oxygens (including phenoxy) is 2. The van der Waals surface area contributed by atoms with Crippen LogP contribution in [0.5, 0.6) is 0 Å². The number of carbonyl (C=O) groups excluding carboxylic acids is 2. The minimum absolute atomic E-state index is 0.207. The predicted octanol–water partition coefficient (Wildman–Crippen LogP) is 2.27. The highest BCUT2D eigenvalue weighted by molar-refractivity contribution is 5.95. The van der Waals surface area contributed by atoms with Crippen LogP contribution in [0, 0.1) is 0 Å². The highest BCUT2D eigenvalue weighted by atomic mass is 16.8. The van der Waals surface area contributed by atoms with E-state index in [1.165, 1.54) is 5.06 Å². The summed E-state index contributed by atoms with van der Waals surface area (Å²) in [4.78, 5) is 31.6. The van der Waals surface area contributed by atoms with Gasteiger partial charge in [-0.15, -0.1) is 0 Å². The summed E-state index contributed by atoms with van der Waals surface area (Å²) < 4.78 is 11.8. The van der Waals surface area contributed by atoms with E-state index in [-0.39, 0.29) is 11.8 Å². The van der Waals surface area contributed by atoms with Gasteiger partial charge in [-0.1, -0.05) is 36.4 Å². The van der Waals surface area contributed by atoms with Crippen molar-refractivity contribution >= 4 is 11.8 Å². The zero-order chi connectivity index (χ0) is 19.8. The number of amides is 2. The highest BCUT2D eigenvalue weighted by Gasteiger charge is 2.63. The van der Waals surface area contributed by atoms with E-state index >= 15 is 0 Å². The van der Waals surface area contributed by atoms with Crippen LogP contribution in [0.15, 0.2) is 72.4 Å². The highest BCUT2D eigenvalue weighted by Crippen LogP contribution is 2.45. The zero-order valence-electron chi connectivity index (χ0n) is 15.6. The molecule has 1 spiro atoms. The summed E-state index contributed by atoms with van der Waals surface area (Å²) in [5.74, 6) is -1.51. The predicted molar refractivity (Wildman–Crippen MR) is 103 cm³/mol. The van der Waals surface area contributed by atoms with Crippen molar-refractivity contribution in [3.8, 4) is 0 Å². The maximum Gasteiger partial charge on any atom is 0.277 e. The van der Waals surface area contributed by atoms with Crippen molar-refractivity contribution in [2.75, 3.05) is 13.2 Å². The molecule has 1 N–H and O–H groups in total. The van der Waals surface area contributed by atoms with Crippen molar-refractivity contribution in [1.29, 1.82) is 0 Å². The molecule has 2 fully saturated rings. The van der Waals surface area contributed by atoms with E-state index in [0.717, 1.165) is 0 Å². The number of hydrogen-bond acceptors (Lipinski definition) is 5. The third-order valence-corrected chi connectivity index (χ3v) is 5.41. The van der Waals surface area contributed by atoms with Crippen molar-refractivity contribution in [1.82, 2.24) is 10.4 Å². The SMILES string of the molecule is O=C(NC1=CC2ON(C(=O)c3ccccc3)C(C1)C21OCCO1)c1ccccc1. The molecule has 7 heteroatoms. The van der Waals surface area contributed by atoms with Gasteiger partial charge in [0.05, 0.1) is 13.2 Å². The number of hydrogen-bond donors (Lipinski definition) is 1. The van der Waals surface area contributed by atoms with Gasteiger partial charge in [-0.3, -0.25) is 14.4 Å². The van der Waals surface area contributed by atoms with Crippen LogP contribution in [-0.2, 0) is 14.3 Å². The second kappa shape index (κ2) is 7.11. The zero-order valence-corrected chi connectivity index (χ0v) is 15.6. The van der Waals surface area contributed by atoms with Crippen LogP contribution >= 0.6 is 0 Å². The Morgan fingerprint density at radius 3 is 2.21 bits per heavy atom. The quantitative estimate of drug-likeness (QED) is 0.867. The summed E-state index contributed by atoms with van der Waals surface area (Å²) in [6.07, 6.45) is 1.51. The molecule has 2 bridgehead atoms.